The van der Waals surface area contributed by atoms with Gasteiger partial charge < -0.3 is 15.7 Å². The highest BCUT2D eigenvalue weighted by molar-refractivity contribution is 5.22. The Hall–Kier alpha value is -1.04. The van der Waals surface area contributed by atoms with E-state index in [1.54, 1.807) is 0 Å². The van der Waals surface area contributed by atoms with Crippen molar-refractivity contribution in [2.24, 2.45) is 5.73 Å². The van der Waals surface area contributed by atoms with Gasteiger partial charge in [-0.2, -0.15) is 0 Å². The van der Waals surface area contributed by atoms with Crippen molar-refractivity contribution in [3.8, 4) is 0 Å². The predicted molar refractivity (Wildman–Crippen MR) is 74.2 cm³/mol. The van der Waals surface area contributed by atoms with Gasteiger partial charge in [0, 0.05) is 24.7 Å². The van der Waals surface area contributed by atoms with Crippen LogP contribution in [0.1, 0.15) is 37.8 Å². The van der Waals surface area contributed by atoms with Gasteiger partial charge in [-0.15, -0.1) is 0 Å². The molecule has 0 aliphatic carbocycles. The molecule has 1 saturated heterocycles. The minimum atomic E-state index is -0.855. The summed E-state index contributed by atoms with van der Waals surface area (Å²) in [6, 6.07) is 3.60. The highest BCUT2D eigenvalue weighted by atomic mass is 19.2. The molecule has 20 heavy (non-hydrogen) atoms. The van der Waals surface area contributed by atoms with E-state index >= 15 is 0 Å². The van der Waals surface area contributed by atoms with Crippen molar-refractivity contribution in [1.82, 2.24) is 4.90 Å². The van der Waals surface area contributed by atoms with Gasteiger partial charge in [-0.3, -0.25) is 0 Å². The predicted octanol–water partition coefficient (Wildman–Crippen LogP) is 2.20. The molecule has 1 heterocycles. The smallest absolute Gasteiger partial charge is 0.163 e. The molecule has 0 amide bonds. The van der Waals surface area contributed by atoms with E-state index < -0.39 is 23.3 Å². The molecule has 1 atom stereocenters. The van der Waals surface area contributed by atoms with Crippen LogP contribution in [0.15, 0.2) is 18.2 Å². The van der Waals surface area contributed by atoms with Crippen LogP contribution in [0.4, 0.5) is 8.78 Å². The van der Waals surface area contributed by atoms with Gasteiger partial charge in [-0.25, -0.2) is 8.78 Å². The van der Waals surface area contributed by atoms with Crippen molar-refractivity contribution in [2.75, 3.05) is 19.6 Å². The number of rotatable bonds is 4. The molecule has 0 saturated carbocycles. The van der Waals surface area contributed by atoms with Crippen molar-refractivity contribution >= 4 is 0 Å². The summed E-state index contributed by atoms with van der Waals surface area (Å²) in [6.45, 7) is 4.20. The Morgan fingerprint density at radius 1 is 1.35 bits per heavy atom. The maximum Gasteiger partial charge on any atom is 0.163 e. The number of likely N-dealkylation sites (tertiary alicyclic amines) is 1. The topological polar surface area (TPSA) is 49.5 Å². The molecule has 5 heteroatoms. The average molecular weight is 284 g/mol. The molecule has 0 aromatic heterocycles. The molecule has 3 N–H and O–H groups in total. The summed E-state index contributed by atoms with van der Waals surface area (Å²) in [5.41, 5.74) is 5.61. The zero-order valence-electron chi connectivity index (χ0n) is 11.8. The minimum absolute atomic E-state index is 0.231. The summed E-state index contributed by atoms with van der Waals surface area (Å²) in [5.74, 6) is -1.70. The maximum absolute atomic E-state index is 13.6. The first-order valence-electron chi connectivity index (χ1n) is 7.03. The lowest BCUT2D eigenvalue weighted by molar-refractivity contribution is -0.00577. The van der Waals surface area contributed by atoms with Gasteiger partial charge in [0.15, 0.2) is 11.6 Å². The quantitative estimate of drug-likeness (QED) is 0.891. The number of nitrogens with zero attached hydrogens (tertiary/aromatic N) is 1. The van der Waals surface area contributed by atoms with Gasteiger partial charge >= 0.3 is 0 Å². The van der Waals surface area contributed by atoms with Crippen LogP contribution in [0.2, 0.25) is 0 Å². The number of piperidine rings is 1. The third-order valence-corrected chi connectivity index (χ3v) is 4.07. The van der Waals surface area contributed by atoms with Crippen molar-refractivity contribution in [3.05, 3.63) is 35.4 Å². The highest BCUT2D eigenvalue weighted by Gasteiger charge is 2.27. The van der Waals surface area contributed by atoms with Gasteiger partial charge in [0.2, 0.25) is 0 Å². The maximum atomic E-state index is 13.6. The summed E-state index contributed by atoms with van der Waals surface area (Å²) < 4.78 is 26.8. The second-order valence-corrected chi connectivity index (χ2v) is 5.88. The standard InChI is InChI=1S/C15H22F2N2O/c1-15(20)6-9-19(10-7-15)8-5-13(18)11-3-2-4-12(16)14(11)17/h2-4,13,20H,5-10,18H2,1H3. The molecule has 3 nitrogen and oxygen atoms in total. The second kappa shape index (κ2) is 6.16. The number of nitrogens with two attached hydrogens (primary N) is 1. The molecule has 112 valence electrons. The minimum Gasteiger partial charge on any atom is -0.390 e. The number of hydrogen-bond acceptors (Lipinski definition) is 3. The zero-order chi connectivity index (χ0) is 14.8. The normalized spacial score (nSPS) is 20.9. The summed E-state index contributed by atoms with van der Waals surface area (Å²) in [7, 11) is 0. The fourth-order valence-corrected chi connectivity index (χ4v) is 2.54. The fourth-order valence-electron chi connectivity index (χ4n) is 2.54. The molecule has 0 spiro atoms. The van der Waals surface area contributed by atoms with Crippen LogP contribution in [0.25, 0.3) is 0 Å². The van der Waals surface area contributed by atoms with E-state index in [0.29, 0.717) is 6.42 Å². The Kier molecular flexibility index (Phi) is 4.73. The van der Waals surface area contributed by atoms with Crippen LogP contribution in [-0.4, -0.2) is 35.2 Å². The van der Waals surface area contributed by atoms with Crippen molar-refractivity contribution in [1.29, 1.82) is 0 Å². The molecule has 0 bridgehead atoms. The summed E-state index contributed by atoms with van der Waals surface area (Å²) in [5, 5.41) is 9.87. The van der Waals surface area contributed by atoms with Crippen molar-refractivity contribution in [3.63, 3.8) is 0 Å². The van der Waals surface area contributed by atoms with E-state index in [9.17, 15) is 13.9 Å². The fraction of sp³-hybridized carbons (Fsp3) is 0.600. The van der Waals surface area contributed by atoms with Gasteiger partial charge in [-0.05, 0) is 38.8 Å². The van der Waals surface area contributed by atoms with E-state index in [1.807, 2.05) is 6.92 Å². The first-order chi connectivity index (χ1) is 9.39. The number of benzene rings is 1. The molecule has 1 aromatic carbocycles. The van der Waals surface area contributed by atoms with Crippen LogP contribution in [0.3, 0.4) is 0 Å². The molecule has 1 fully saturated rings. The third kappa shape index (κ3) is 3.75. The average Bonchev–Trinajstić information content (AvgIpc) is 2.40. The molecule has 1 aromatic rings. The Labute approximate surface area is 118 Å². The van der Waals surface area contributed by atoms with Crippen LogP contribution < -0.4 is 5.73 Å². The van der Waals surface area contributed by atoms with Gasteiger partial charge in [-0.1, -0.05) is 12.1 Å². The Bertz CT molecular complexity index is 455. The number of aliphatic hydroxyl groups is 1. The van der Waals surface area contributed by atoms with Crippen molar-refractivity contribution in [2.45, 2.75) is 37.8 Å². The van der Waals surface area contributed by atoms with Gasteiger partial charge in [0.1, 0.15) is 0 Å². The first kappa shape index (κ1) is 15.4. The number of hydrogen-bond donors (Lipinski definition) is 2. The van der Waals surface area contributed by atoms with Crippen LogP contribution in [-0.2, 0) is 0 Å². The van der Waals surface area contributed by atoms with E-state index in [1.165, 1.54) is 12.1 Å². The highest BCUT2D eigenvalue weighted by Crippen LogP contribution is 2.23. The first-order valence-corrected chi connectivity index (χ1v) is 7.03. The van der Waals surface area contributed by atoms with E-state index in [4.69, 9.17) is 5.73 Å². The summed E-state index contributed by atoms with van der Waals surface area (Å²) >= 11 is 0. The lowest BCUT2D eigenvalue weighted by Gasteiger charge is -2.36. The molecular weight excluding hydrogens is 262 g/mol. The molecule has 0 radical (unpaired) electrons. The summed E-state index contributed by atoms with van der Waals surface area (Å²) in [4.78, 5) is 2.20. The molecule has 1 aliphatic rings. The van der Waals surface area contributed by atoms with Crippen LogP contribution >= 0.6 is 0 Å². The number of halogens is 2. The van der Waals surface area contributed by atoms with Gasteiger partial charge in [0.05, 0.1) is 5.60 Å². The molecule has 2 rings (SSSR count). The Morgan fingerprint density at radius 2 is 2.00 bits per heavy atom. The van der Waals surface area contributed by atoms with Crippen LogP contribution in [0, 0.1) is 11.6 Å². The third-order valence-electron chi connectivity index (χ3n) is 4.07. The van der Waals surface area contributed by atoms with Crippen LogP contribution in [0.5, 0.6) is 0 Å². The Morgan fingerprint density at radius 3 is 2.65 bits per heavy atom. The lowest BCUT2D eigenvalue weighted by atomic mass is 9.93. The lowest BCUT2D eigenvalue weighted by Crippen LogP contribution is -2.43. The molecular formula is C15H22F2N2O. The Balaban J connectivity index is 1.87. The second-order valence-electron chi connectivity index (χ2n) is 5.88. The van der Waals surface area contributed by atoms with Gasteiger partial charge in [0.25, 0.3) is 0 Å². The molecule has 1 aliphatic heterocycles. The summed E-state index contributed by atoms with van der Waals surface area (Å²) in [6.07, 6.45) is 2.04. The van der Waals surface area contributed by atoms with E-state index in [-0.39, 0.29) is 5.56 Å². The zero-order valence-corrected chi connectivity index (χ0v) is 11.8. The van der Waals surface area contributed by atoms with E-state index in [0.717, 1.165) is 38.5 Å². The SMILES string of the molecule is CC1(O)CCN(CCC(N)c2cccc(F)c2F)CC1. The van der Waals surface area contributed by atoms with Crippen molar-refractivity contribution < 1.29 is 13.9 Å². The molecule has 1 unspecified atom stereocenters. The largest absolute Gasteiger partial charge is 0.390 e. The monoisotopic (exact) mass is 284 g/mol. The van der Waals surface area contributed by atoms with E-state index in [2.05, 4.69) is 4.90 Å².